The summed E-state index contributed by atoms with van der Waals surface area (Å²) in [5, 5.41) is 3.34. The zero-order valence-corrected chi connectivity index (χ0v) is 13.0. The molecule has 100 valence electrons. The summed E-state index contributed by atoms with van der Waals surface area (Å²) in [5.74, 6) is 0.142. The lowest BCUT2D eigenvalue weighted by Gasteiger charge is -2.32. The minimum absolute atomic E-state index is 0. The molecule has 18 heavy (non-hydrogen) atoms. The molecule has 0 radical (unpaired) electrons. The highest BCUT2D eigenvalue weighted by atomic mass is 79.9. The third-order valence-electron chi connectivity index (χ3n) is 3.07. The fourth-order valence-corrected chi connectivity index (χ4v) is 2.63. The first kappa shape index (κ1) is 15.5. The molecule has 1 saturated heterocycles. The van der Waals surface area contributed by atoms with Crippen molar-refractivity contribution in [2.24, 2.45) is 0 Å². The van der Waals surface area contributed by atoms with Crippen LogP contribution in [0.15, 0.2) is 22.7 Å². The Bertz CT molecular complexity index is 439. The molecule has 0 aliphatic carbocycles. The van der Waals surface area contributed by atoms with Crippen molar-refractivity contribution in [3.05, 3.63) is 33.8 Å². The zero-order valence-electron chi connectivity index (χ0n) is 10.6. The average molecular weight is 334 g/mol. The Labute approximate surface area is 122 Å². The summed E-state index contributed by atoms with van der Waals surface area (Å²) in [6.07, 6.45) is 0. The van der Waals surface area contributed by atoms with E-state index in [0.29, 0.717) is 6.04 Å². The van der Waals surface area contributed by atoms with E-state index in [4.69, 9.17) is 0 Å². The molecule has 5 heteroatoms. The maximum atomic E-state index is 12.4. The molecule has 1 aliphatic heterocycles. The number of halogens is 2. The van der Waals surface area contributed by atoms with Gasteiger partial charge in [0, 0.05) is 35.7 Å². The number of amides is 1. The lowest BCUT2D eigenvalue weighted by Crippen LogP contribution is -2.51. The van der Waals surface area contributed by atoms with Gasteiger partial charge in [0.15, 0.2) is 0 Å². The quantitative estimate of drug-likeness (QED) is 0.857. The van der Waals surface area contributed by atoms with E-state index in [0.717, 1.165) is 35.2 Å². The van der Waals surface area contributed by atoms with Crippen molar-refractivity contribution in [3.63, 3.8) is 0 Å². The fourth-order valence-electron chi connectivity index (χ4n) is 2.15. The molecule has 0 bridgehead atoms. The number of carbonyl (C=O) groups is 1. The third-order valence-corrected chi connectivity index (χ3v) is 3.57. The second kappa shape index (κ2) is 6.55. The van der Waals surface area contributed by atoms with Gasteiger partial charge in [0.1, 0.15) is 0 Å². The van der Waals surface area contributed by atoms with Crippen molar-refractivity contribution in [1.82, 2.24) is 10.2 Å². The molecule has 0 saturated carbocycles. The molecule has 2 rings (SSSR count). The highest BCUT2D eigenvalue weighted by Gasteiger charge is 2.22. The molecule has 1 aliphatic rings. The van der Waals surface area contributed by atoms with Gasteiger partial charge >= 0.3 is 0 Å². The van der Waals surface area contributed by atoms with Crippen molar-refractivity contribution in [3.8, 4) is 0 Å². The molecule has 1 atom stereocenters. The Morgan fingerprint density at radius 1 is 1.50 bits per heavy atom. The van der Waals surface area contributed by atoms with E-state index in [1.807, 2.05) is 30.0 Å². The van der Waals surface area contributed by atoms with Gasteiger partial charge in [-0.15, -0.1) is 12.4 Å². The Balaban J connectivity index is 0.00000162. The molecule has 1 aromatic carbocycles. The molecule has 3 nitrogen and oxygen atoms in total. The van der Waals surface area contributed by atoms with Gasteiger partial charge in [-0.1, -0.05) is 15.9 Å². The monoisotopic (exact) mass is 332 g/mol. The minimum Gasteiger partial charge on any atom is -0.336 e. The number of hydrogen-bond donors (Lipinski definition) is 1. The van der Waals surface area contributed by atoms with E-state index in [1.54, 1.807) is 0 Å². The predicted octanol–water partition coefficient (Wildman–Crippen LogP) is 2.61. The molecule has 1 amide bonds. The highest BCUT2D eigenvalue weighted by Crippen LogP contribution is 2.18. The van der Waals surface area contributed by atoms with E-state index in [1.165, 1.54) is 0 Å². The van der Waals surface area contributed by atoms with Gasteiger partial charge in [-0.2, -0.15) is 0 Å². The van der Waals surface area contributed by atoms with E-state index in [-0.39, 0.29) is 18.3 Å². The number of nitrogens with one attached hydrogen (secondary N) is 1. The molecule has 0 spiro atoms. The maximum absolute atomic E-state index is 12.4. The molecule has 1 N–H and O–H groups in total. The smallest absolute Gasteiger partial charge is 0.254 e. The Morgan fingerprint density at radius 2 is 2.22 bits per heavy atom. The fraction of sp³-hybridized carbons (Fsp3) is 0.462. The van der Waals surface area contributed by atoms with Gasteiger partial charge in [0.2, 0.25) is 0 Å². The van der Waals surface area contributed by atoms with Gasteiger partial charge in [-0.3, -0.25) is 4.79 Å². The summed E-state index contributed by atoms with van der Waals surface area (Å²) in [7, 11) is 0. The number of benzene rings is 1. The van der Waals surface area contributed by atoms with Crippen LogP contribution in [0.2, 0.25) is 0 Å². The van der Waals surface area contributed by atoms with Crippen LogP contribution < -0.4 is 5.32 Å². The molecule has 1 fully saturated rings. The van der Waals surface area contributed by atoms with Crippen LogP contribution in [0.1, 0.15) is 22.8 Å². The number of aryl methyl sites for hydroxylation is 1. The van der Waals surface area contributed by atoms with Crippen molar-refractivity contribution >= 4 is 34.2 Å². The van der Waals surface area contributed by atoms with Crippen molar-refractivity contribution in [2.75, 3.05) is 19.6 Å². The van der Waals surface area contributed by atoms with Crippen LogP contribution in [0.4, 0.5) is 0 Å². The van der Waals surface area contributed by atoms with Crippen molar-refractivity contribution in [1.29, 1.82) is 0 Å². The topological polar surface area (TPSA) is 32.3 Å². The number of carbonyl (C=O) groups excluding carboxylic acids is 1. The summed E-state index contributed by atoms with van der Waals surface area (Å²) >= 11 is 3.42. The molecule has 0 unspecified atom stereocenters. The van der Waals surface area contributed by atoms with Gasteiger partial charge in [0.05, 0.1) is 0 Å². The third kappa shape index (κ3) is 3.46. The zero-order chi connectivity index (χ0) is 12.4. The summed E-state index contributed by atoms with van der Waals surface area (Å²) in [6.45, 7) is 6.53. The molecular formula is C13H18BrClN2O. The second-order valence-electron chi connectivity index (χ2n) is 4.57. The first-order valence-corrected chi connectivity index (χ1v) is 6.66. The summed E-state index contributed by atoms with van der Waals surface area (Å²) in [5.41, 5.74) is 1.83. The summed E-state index contributed by atoms with van der Waals surface area (Å²) in [6, 6.07) is 6.18. The van der Waals surface area contributed by atoms with Crippen LogP contribution in [0.25, 0.3) is 0 Å². The molecule has 0 aromatic heterocycles. The van der Waals surface area contributed by atoms with E-state index < -0.39 is 0 Å². The van der Waals surface area contributed by atoms with Crippen molar-refractivity contribution < 1.29 is 4.79 Å². The van der Waals surface area contributed by atoms with E-state index in [9.17, 15) is 4.79 Å². The summed E-state index contributed by atoms with van der Waals surface area (Å²) < 4.78 is 1.01. The van der Waals surface area contributed by atoms with Crippen LogP contribution >= 0.6 is 28.3 Å². The van der Waals surface area contributed by atoms with Crippen molar-refractivity contribution in [2.45, 2.75) is 19.9 Å². The lowest BCUT2D eigenvalue weighted by atomic mass is 10.1. The first-order chi connectivity index (χ1) is 8.08. The molecule has 1 heterocycles. The largest absolute Gasteiger partial charge is 0.336 e. The maximum Gasteiger partial charge on any atom is 0.254 e. The number of rotatable bonds is 1. The number of hydrogen-bond acceptors (Lipinski definition) is 2. The van der Waals surface area contributed by atoms with Crippen LogP contribution in [0.3, 0.4) is 0 Å². The van der Waals surface area contributed by atoms with Crippen LogP contribution in [-0.4, -0.2) is 36.5 Å². The number of nitrogens with zero attached hydrogens (tertiary/aromatic N) is 1. The Kier molecular flexibility index (Phi) is 5.63. The van der Waals surface area contributed by atoms with Gasteiger partial charge in [0.25, 0.3) is 5.91 Å². The normalized spacial score (nSPS) is 19.3. The summed E-state index contributed by atoms with van der Waals surface area (Å²) in [4.78, 5) is 14.3. The van der Waals surface area contributed by atoms with E-state index >= 15 is 0 Å². The van der Waals surface area contributed by atoms with Gasteiger partial charge in [-0.05, 0) is 37.6 Å². The molecular weight excluding hydrogens is 316 g/mol. The Morgan fingerprint density at radius 3 is 2.83 bits per heavy atom. The first-order valence-electron chi connectivity index (χ1n) is 5.87. The van der Waals surface area contributed by atoms with Crippen LogP contribution in [-0.2, 0) is 0 Å². The van der Waals surface area contributed by atoms with Crippen LogP contribution in [0.5, 0.6) is 0 Å². The minimum atomic E-state index is 0. The standard InChI is InChI=1S/C13H17BrN2O.ClH/c1-9-7-11(14)3-4-12(9)13(17)16-6-5-15-10(2)8-16;/h3-4,7,10,15H,5-6,8H2,1-2H3;1H/t10-;/m1./s1. The van der Waals surface area contributed by atoms with Crippen LogP contribution in [0, 0.1) is 6.92 Å². The van der Waals surface area contributed by atoms with Gasteiger partial charge in [-0.25, -0.2) is 0 Å². The number of piperazine rings is 1. The average Bonchev–Trinajstić information content (AvgIpc) is 2.28. The Hall–Kier alpha value is -0.580. The van der Waals surface area contributed by atoms with E-state index in [2.05, 4.69) is 28.2 Å². The predicted molar refractivity (Wildman–Crippen MR) is 79.5 cm³/mol. The lowest BCUT2D eigenvalue weighted by molar-refractivity contribution is 0.0708. The SMILES string of the molecule is Cc1cc(Br)ccc1C(=O)N1CCN[C@H](C)C1.Cl. The van der Waals surface area contributed by atoms with Gasteiger partial charge < -0.3 is 10.2 Å². The molecule has 1 aromatic rings. The highest BCUT2D eigenvalue weighted by molar-refractivity contribution is 9.10. The second-order valence-corrected chi connectivity index (χ2v) is 5.48.